The molecule has 4 rings (SSSR count). The molecular weight excluding hydrogens is 388 g/mol. The third-order valence-electron chi connectivity index (χ3n) is 9.28. The van der Waals surface area contributed by atoms with E-state index in [-0.39, 0.29) is 35.0 Å². The van der Waals surface area contributed by atoms with Gasteiger partial charge in [0.2, 0.25) is 0 Å². The maximum atomic E-state index is 11.9. The lowest BCUT2D eigenvalue weighted by Gasteiger charge is -2.37. The Morgan fingerprint density at radius 3 is 1.71 bits per heavy atom. The van der Waals surface area contributed by atoms with Gasteiger partial charge in [-0.25, -0.2) is 0 Å². The van der Waals surface area contributed by atoms with Crippen LogP contribution in [0.3, 0.4) is 0 Å². The van der Waals surface area contributed by atoms with Crippen LogP contribution in [0.5, 0.6) is 0 Å². The molecule has 0 saturated heterocycles. The van der Waals surface area contributed by atoms with Crippen molar-refractivity contribution >= 4 is 11.9 Å². The van der Waals surface area contributed by atoms with Crippen molar-refractivity contribution in [2.24, 2.45) is 35.5 Å². The van der Waals surface area contributed by atoms with E-state index in [1.807, 2.05) is 27.7 Å². The summed E-state index contributed by atoms with van der Waals surface area (Å²) < 4.78 is 11.6. The van der Waals surface area contributed by atoms with Crippen LogP contribution in [0.1, 0.15) is 112 Å². The highest BCUT2D eigenvalue weighted by molar-refractivity contribution is 5.73. The van der Waals surface area contributed by atoms with Gasteiger partial charge in [-0.05, 0) is 101 Å². The maximum Gasteiger partial charge on any atom is 0.309 e. The Morgan fingerprint density at radius 2 is 1.32 bits per heavy atom. The first-order valence-electron chi connectivity index (χ1n) is 13.1. The van der Waals surface area contributed by atoms with E-state index in [0.29, 0.717) is 11.8 Å². The van der Waals surface area contributed by atoms with Gasteiger partial charge >= 0.3 is 11.9 Å². The van der Waals surface area contributed by atoms with E-state index in [2.05, 4.69) is 13.8 Å². The highest BCUT2D eigenvalue weighted by Crippen LogP contribution is 2.54. The van der Waals surface area contributed by atoms with E-state index in [1.165, 1.54) is 38.5 Å². The number of carbonyl (C=O) groups is 2. The summed E-state index contributed by atoms with van der Waals surface area (Å²) in [5.74, 6) is 3.08. The minimum absolute atomic E-state index is 0.00699. The van der Waals surface area contributed by atoms with E-state index >= 15 is 0 Å². The molecule has 31 heavy (non-hydrogen) atoms. The molecule has 4 fully saturated rings. The van der Waals surface area contributed by atoms with Gasteiger partial charge in [0.15, 0.2) is 0 Å². The summed E-state index contributed by atoms with van der Waals surface area (Å²) >= 11 is 0. The normalized spacial score (nSPS) is 39.5. The van der Waals surface area contributed by atoms with E-state index in [1.54, 1.807) is 0 Å². The average molecular weight is 435 g/mol. The molecule has 0 aromatic rings. The zero-order chi connectivity index (χ0) is 22.8. The predicted octanol–water partition coefficient (Wildman–Crippen LogP) is 6.70. The van der Waals surface area contributed by atoms with Crippen molar-refractivity contribution in [3.8, 4) is 0 Å². The lowest BCUT2D eigenvalue weighted by molar-refractivity contribution is -0.171. The molecule has 0 aromatic heterocycles. The molecule has 0 N–H and O–H groups in total. The lowest BCUT2D eigenvalue weighted by atomic mass is 9.82. The molecule has 0 amide bonds. The van der Waals surface area contributed by atoms with Crippen molar-refractivity contribution in [1.29, 1.82) is 0 Å². The summed E-state index contributed by atoms with van der Waals surface area (Å²) in [6.07, 6.45) is 12.8. The van der Waals surface area contributed by atoms with Gasteiger partial charge in [-0.15, -0.1) is 0 Å². The maximum absolute atomic E-state index is 11.9. The molecule has 0 spiro atoms. The van der Waals surface area contributed by atoms with Crippen molar-refractivity contribution in [1.82, 2.24) is 0 Å². The Hall–Kier alpha value is -1.06. The SMILES string of the molecule is CCC(C)C(=O)OC1(C)CC2CCC1C2.CCC(C)C(=O)OC1(CC)CC2CCC1C2. The molecule has 4 heteroatoms. The van der Waals surface area contributed by atoms with Crippen LogP contribution in [0.15, 0.2) is 0 Å². The zero-order valence-corrected chi connectivity index (χ0v) is 20.9. The molecule has 8 unspecified atom stereocenters. The second-order valence-electron chi connectivity index (χ2n) is 11.4. The molecule has 0 heterocycles. The van der Waals surface area contributed by atoms with Crippen molar-refractivity contribution < 1.29 is 19.1 Å². The topological polar surface area (TPSA) is 52.6 Å². The number of hydrogen-bond acceptors (Lipinski definition) is 4. The third-order valence-corrected chi connectivity index (χ3v) is 9.28. The standard InChI is InChI=1S/C14H24O2.C13H22O2/c1-4-10(3)13(15)16-14(5-2)9-11-6-7-12(14)8-11;1-4-9(2)12(14)15-13(3)8-10-5-6-11(13)7-10/h10-12H,4-9H2,1-3H3;9-11H,4-8H2,1-3H3. The largest absolute Gasteiger partial charge is 0.459 e. The van der Waals surface area contributed by atoms with E-state index < -0.39 is 0 Å². The predicted molar refractivity (Wildman–Crippen MR) is 123 cm³/mol. The Bertz CT molecular complexity index is 645. The van der Waals surface area contributed by atoms with Crippen LogP contribution in [-0.2, 0) is 19.1 Å². The number of hydrogen-bond donors (Lipinski definition) is 0. The first-order chi connectivity index (χ1) is 14.7. The minimum Gasteiger partial charge on any atom is -0.459 e. The van der Waals surface area contributed by atoms with Crippen molar-refractivity contribution in [2.45, 2.75) is 123 Å². The average Bonchev–Trinajstić information content (AvgIpc) is 3.53. The summed E-state index contributed by atoms with van der Waals surface area (Å²) in [6, 6.07) is 0. The van der Waals surface area contributed by atoms with Gasteiger partial charge in [0.05, 0.1) is 11.8 Å². The van der Waals surface area contributed by atoms with Crippen LogP contribution in [0.2, 0.25) is 0 Å². The van der Waals surface area contributed by atoms with E-state index in [0.717, 1.165) is 43.9 Å². The molecule has 0 aromatic carbocycles. The smallest absolute Gasteiger partial charge is 0.309 e. The van der Waals surface area contributed by atoms with Gasteiger partial charge in [-0.1, -0.05) is 34.6 Å². The van der Waals surface area contributed by atoms with Crippen molar-refractivity contribution in [2.75, 3.05) is 0 Å². The second kappa shape index (κ2) is 9.83. The fraction of sp³-hybridized carbons (Fsp3) is 0.926. The second-order valence-corrected chi connectivity index (χ2v) is 11.4. The zero-order valence-electron chi connectivity index (χ0n) is 20.9. The Balaban J connectivity index is 0.000000176. The molecule has 4 bridgehead atoms. The van der Waals surface area contributed by atoms with Gasteiger partial charge in [0.1, 0.15) is 11.2 Å². The molecule has 8 atom stereocenters. The van der Waals surface area contributed by atoms with Crippen LogP contribution < -0.4 is 0 Å². The molecule has 0 aliphatic heterocycles. The highest BCUT2D eigenvalue weighted by Gasteiger charge is 2.53. The number of carbonyl (C=O) groups excluding carboxylic acids is 2. The van der Waals surface area contributed by atoms with Crippen LogP contribution in [0, 0.1) is 35.5 Å². The quantitative estimate of drug-likeness (QED) is 0.418. The van der Waals surface area contributed by atoms with Crippen LogP contribution in [0.25, 0.3) is 0 Å². The first kappa shape index (κ1) is 24.6. The van der Waals surface area contributed by atoms with Crippen LogP contribution in [0.4, 0.5) is 0 Å². The van der Waals surface area contributed by atoms with E-state index in [4.69, 9.17) is 9.47 Å². The molecule has 4 aliphatic rings. The summed E-state index contributed by atoms with van der Waals surface area (Å²) in [5.41, 5.74) is -0.229. The summed E-state index contributed by atoms with van der Waals surface area (Å²) in [4.78, 5) is 23.7. The highest BCUT2D eigenvalue weighted by atomic mass is 16.6. The Kier molecular flexibility index (Phi) is 7.79. The Morgan fingerprint density at radius 1 is 0.806 bits per heavy atom. The summed E-state index contributed by atoms with van der Waals surface area (Å²) in [5, 5.41) is 0. The van der Waals surface area contributed by atoms with E-state index in [9.17, 15) is 9.59 Å². The van der Waals surface area contributed by atoms with Gasteiger partial charge in [0, 0.05) is 0 Å². The molecule has 4 nitrogen and oxygen atoms in total. The fourth-order valence-electron chi connectivity index (χ4n) is 6.67. The van der Waals surface area contributed by atoms with Crippen molar-refractivity contribution in [3.63, 3.8) is 0 Å². The number of ether oxygens (including phenoxy) is 2. The minimum atomic E-state index is -0.135. The van der Waals surface area contributed by atoms with Crippen molar-refractivity contribution in [3.05, 3.63) is 0 Å². The number of esters is 2. The molecule has 178 valence electrons. The third kappa shape index (κ3) is 5.14. The summed E-state index contributed by atoms with van der Waals surface area (Å²) in [6.45, 7) is 12.3. The van der Waals surface area contributed by atoms with Gasteiger partial charge in [-0.3, -0.25) is 9.59 Å². The van der Waals surface area contributed by atoms with Gasteiger partial charge in [0.25, 0.3) is 0 Å². The summed E-state index contributed by atoms with van der Waals surface area (Å²) in [7, 11) is 0. The van der Waals surface area contributed by atoms with Crippen LogP contribution in [-0.4, -0.2) is 23.1 Å². The Labute approximate surface area is 190 Å². The monoisotopic (exact) mass is 434 g/mol. The molecular formula is C27H46O4. The molecule has 0 radical (unpaired) electrons. The molecule has 4 saturated carbocycles. The van der Waals surface area contributed by atoms with Gasteiger partial charge in [-0.2, -0.15) is 0 Å². The van der Waals surface area contributed by atoms with Crippen LogP contribution >= 0.6 is 0 Å². The number of rotatable bonds is 7. The molecule has 4 aliphatic carbocycles. The number of fused-ring (bicyclic) bond motifs is 4. The first-order valence-corrected chi connectivity index (χ1v) is 13.1. The van der Waals surface area contributed by atoms with Gasteiger partial charge < -0.3 is 9.47 Å². The lowest BCUT2D eigenvalue weighted by Crippen LogP contribution is -2.41. The fourth-order valence-corrected chi connectivity index (χ4v) is 6.67.